The Morgan fingerprint density at radius 2 is 2.21 bits per heavy atom. The molecule has 0 heterocycles. The van der Waals surface area contributed by atoms with E-state index >= 15 is 0 Å². The lowest BCUT2D eigenvalue weighted by Gasteiger charge is -2.00. The Balaban J connectivity index is 3.52. The number of nitrogens with zero attached hydrogens (tertiary/aromatic N) is 1. The smallest absolute Gasteiger partial charge is 0.256 e. The molecule has 1 rings (SSSR count). The van der Waals surface area contributed by atoms with Crippen molar-refractivity contribution in [2.45, 2.75) is 0 Å². The lowest BCUT2D eigenvalue weighted by atomic mass is 10.1. The maximum absolute atomic E-state index is 13.1. The van der Waals surface area contributed by atoms with Crippen LogP contribution in [-0.2, 0) is 0 Å². The molecule has 0 N–H and O–H groups in total. The first-order chi connectivity index (χ1) is 6.60. The Bertz CT molecular complexity index is 451. The third-order valence-corrected chi connectivity index (χ3v) is 1.75. The molecule has 0 spiro atoms. The highest BCUT2D eigenvalue weighted by Gasteiger charge is 2.16. The molecule has 0 atom stereocenters. The van der Waals surface area contributed by atoms with E-state index in [0.717, 1.165) is 12.1 Å². The molecule has 0 unspecified atom stereocenters. The van der Waals surface area contributed by atoms with Crippen LogP contribution in [0.3, 0.4) is 0 Å². The molecule has 0 saturated carbocycles. The van der Waals surface area contributed by atoms with Crippen molar-refractivity contribution in [3.05, 3.63) is 34.6 Å². The SMILES string of the molecule is N#Cc1cc(C=O)cc(F)c1C(=O)Cl. The van der Waals surface area contributed by atoms with E-state index in [0.29, 0.717) is 6.29 Å². The van der Waals surface area contributed by atoms with E-state index in [2.05, 4.69) is 0 Å². The van der Waals surface area contributed by atoms with Gasteiger partial charge in [-0.25, -0.2) is 4.39 Å². The molecular weight excluding hydrogens is 209 g/mol. The second-order valence-electron chi connectivity index (χ2n) is 2.43. The number of nitriles is 1. The van der Waals surface area contributed by atoms with Crippen LogP contribution in [0.15, 0.2) is 12.1 Å². The van der Waals surface area contributed by atoms with Gasteiger partial charge in [0.05, 0.1) is 11.1 Å². The van der Waals surface area contributed by atoms with Crippen LogP contribution in [0.1, 0.15) is 26.3 Å². The van der Waals surface area contributed by atoms with Crippen LogP contribution >= 0.6 is 11.6 Å². The molecule has 0 aliphatic heterocycles. The summed E-state index contributed by atoms with van der Waals surface area (Å²) in [6, 6.07) is 3.54. The highest BCUT2D eigenvalue weighted by atomic mass is 35.5. The van der Waals surface area contributed by atoms with Gasteiger partial charge < -0.3 is 0 Å². The van der Waals surface area contributed by atoms with Gasteiger partial charge in [0, 0.05) is 5.56 Å². The van der Waals surface area contributed by atoms with Gasteiger partial charge in [0.25, 0.3) is 5.24 Å². The zero-order chi connectivity index (χ0) is 10.7. The molecule has 14 heavy (non-hydrogen) atoms. The minimum absolute atomic E-state index is 0.0132. The Hall–Kier alpha value is -1.73. The largest absolute Gasteiger partial charge is 0.298 e. The summed E-state index contributed by atoms with van der Waals surface area (Å²) >= 11 is 5.07. The zero-order valence-corrected chi connectivity index (χ0v) is 7.51. The number of carbonyl (C=O) groups is 2. The van der Waals surface area contributed by atoms with Crippen LogP contribution in [0.2, 0.25) is 0 Å². The van der Waals surface area contributed by atoms with Gasteiger partial charge in [0.15, 0.2) is 0 Å². The van der Waals surface area contributed by atoms with Crippen LogP contribution in [0.5, 0.6) is 0 Å². The van der Waals surface area contributed by atoms with E-state index < -0.39 is 16.6 Å². The number of benzene rings is 1. The standard InChI is InChI=1S/C9H3ClFNO2/c10-9(14)8-6(3-12)1-5(4-13)2-7(8)11/h1-2,4H. The molecule has 0 radical (unpaired) electrons. The Labute approximate surface area is 83.7 Å². The fraction of sp³-hybridized carbons (Fsp3) is 0. The molecule has 0 bridgehead atoms. The van der Waals surface area contributed by atoms with Gasteiger partial charge >= 0.3 is 0 Å². The summed E-state index contributed by atoms with van der Waals surface area (Å²) in [4.78, 5) is 21.0. The maximum atomic E-state index is 13.1. The summed E-state index contributed by atoms with van der Waals surface area (Å²) in [7, 11) is 0. The summed E-state index contributed by atoms with van der Waals surface area (Å²) in [6.45, 7) is 0. The predicted molar refractivity (Wildman–Crippen MR) is 46.7 cm³/mol. The summed E-state index contributed by atoms with van der Waals surface area (Å²) < 4.78 is 13.1. The van der Waals surface area contributed by atoms with Gasteiger partial charge in [0.1, 0.15) is 18.2 Å². The van der Waals surface area contributed by atoms with Crippen LogP contribution in [0.25, 0.3) is 0 Å². The maximum Gasteiger partial charge on any atom is 0.256 e. The first kappa shape index (κ1) is 10.4. The molecule has 0 amide bonds. The number of hydrogen-bond acceptors (Lipinski definition) is 3. The average Bonchev–Trinajstić information content (AvgIpc) is 2.15. The minimum Gasteiger partial charge on any atom is -0.298 e. The number of hydrogen-bond donors (Lipinski definition) is 0. The van der Waals surface area contributed by atoms with Crippen molar-refractivity contribution < 1.29 is 14.0 Å². The van der Waals surface area contributed by atoms with Crippen molar-refractivity contribution >= 4 is 23.1 Å². The third-order valence-electron chi connectivity index (χ3n) is 1.57. The van der Waals surface area contributed by atoms with Crippen molar-refractivity contribution in [2.75, 3.05) is 0 Å². The van der Waals surface area contributed by atoms with Crippen LogP contribution in [0.4, 0.5) is 4.39 Å². The fourth-order valence-corrected chi connectivity index (χ4v) is 1.18. The van der Waals surface area contributed by atoms with Crippen molar-refractivity contribution in [3.8, 4) is 6.07 Å². The second-order valence-corrected chi connectivity index (χ2v) is 2.77. The molecular formula is C9H3ClFNO2. The lowest BCUT2D eigenvalue weighted by molar-refractivity contribution is 0.107. The quantitative estimate of drug-likeness (QED) is 0.554. The molecule has 1 aromatic carbocycles. The van der Waals surface area contributed by atoms with Gasteiger partial charge in [0.2, 0.25) is 0 Å². The van der Waals surface area contributed by atoms with Crippen LogP contribution in [0, 0.1) is 17.1 Å². The minimum atomic E-state index is -1.06. The Morgan fingerprint density at radius 3 is 2.64 bits per heavy atom. The molecule has 0 aliphatic carbocycles. The van der Waals surface area contributed by atoms with Crippen LogP contribution < -0.4 is 0 Å². The second kappa shape index (κ2) is 3.99. The normalized spacial score (nSPS) is 9.21. The average molecular weight is 212 g/mol. The number of carbonyl (C=O) groups excluding carboxylic acids is 2. The third kappa shape index (κ3) is 1.78. The Morgan fingerprint density at radius 1 is 1.57 bits per heavy atom. The van der Waals surface area contributed by atoms with Crippen LogP contribution in [-0.4, -0.2) is 11.5 Å². The fourth-order valence-electron chi connectivity index (χ4n) is 0.984. The van der Waals surface area contributed by atoms with E-state index in [1.165, 1.54) is 0 Å². The number of rotatable bonds is 2. The van der Waals surface area contributed by atoms with E-state index in [9.17, 15) is 14.0 Å². The van der Waals surface area contributed by atoms with E-state index in [1.807, 2.05) is 0 Å². The monoisotopic (exact) mass is 211 g/mol. The van der Waals surface area contributed by atoms with Gasteiger partial charge in [-0.15, -0.1) is 0 Å². The molecule has 0 fully saturated rings. The summed E-state index contributed by atoms with van der Waals surface area (Å²) in [6.07, 6.45) is 0.381. The highest BCUT2D eigenvalue weighted by Crippen LogP contribution is 2.17. The summed E-state index contributed by atoms with van der Waals surface area (Å²) in [5.74, 6) is -0.967. The molecule has 1 aromatic rings. The van der Waals surface area contributed by atoms with Gasteiger partial charge in [-0.2, -0.15) is 5.26 Å². The van der Waals surface area contributed by atoms with Gasteiger partial charge in [-0.3, -0.25) is 9.59 Å². The first-order valence-electron chi connectivity index (χ1n) is 3.48. The van der Waals surface area contributed by atoms with E-state index in [4.69, 9.17) is 16.9 Å². The topological polar surface area (TPSA) is 57.9 Å². The summed E-state index contributed by atoms with van der Waals surface area (Å²) in [5, 5.41) is 7.51. The molecule has 5 heteroatoms. The number of aldehydes is 1. The summed E-state index contributed by atoms with van der Waals surface area (Å²) in [5.41, 5.74) is -0.757. The highest BCUT2D eigenvalue weighted by molar-refractivity contribution is 6.68. The predicted octanol–water partition coefficient (Wildman–Crippen LogP) is 1.89. The lowest BCUT2D eigenvalue weighted by Crippen LogP contribution is -2.00. The van der Waals surface area contributed by atoms with Crippen molar-refractivity contribution in [1.29, 1.82) is 5.26 Å². The zero-order valence-electron chi connectivity index (χ0n) is 6.75. The van der Waals surface area contributed by atoms with E-state index in [-0.39, 0.29) is 11.1 Å². The molecule has 0 saturated heterocycles. The number of halogens is 2. The molecule has 0 aliphatic rings. The first-order valence-corrected chi connectivity index (χ1v) is 3.86. The van der Waals surface area contributed by atoms with Crippen molar-refractivity contribution in [2.24, 2.45) is 0 Å². The molecule has 0 aromatic heterocycles. The van der Waals surface area contributed by atoms with Crippen molar-refractivity contribution in [3.63, 3.8) is 0 Å². The molecule has 3 nitrogen and oxygen atoms in total. The van der Waals surface area contributed by atoms with E-state index in [1.54, 1.807) is 6.07 Å². The van der Waals surface area contributed by atoms with Gasteiger partial charge in [-0.05, 0) is 23.7 Å². The van der Waals surface area contributed by atoms with Gasteiger partial charge in [-0.1, -0.05) is 0 Å². The Kier molecular flexibility index (Phi) is 2.95. The molecule has 70 valence electrons. The van der Waals surface area contributed by atoms with Crippen molar-refractivity contribution in [1.82, 2.24) is 0 Å².